The van der Waals surface area contributed by atoms with Gasteiger partial charge in [-0.3, -0.25) is 9.59 Å². The number of aromatic amines is 1. The molecule has 0 aromatic carbocycles. The minimum Gasteiger partial charge on any atom is -0.379 e. The number of anilines is 2. The number of nitrogens with one attached hydrogen (secondary N) is 1. The lowest BCUT2D eigenvalue weighted by atomic mass is 10.2. The molecule has 2 fully saturated rings. The number of aromatic nitrogens is 3. The van der Waals surface area contributed by atoms with Gasteiger partial charge in [0, 0.05) is 32.7 Å². The van der Waals surface area contributed by atoms with E-state index in [0.717, 1.165) is 11.9 Å². The number of alkyl halides is 3. The number of amides is 1. The van der Waals surface area contributed by atoms with Crippen molar-refractivity contribution in [3.63, 3.8) is 0 Å². The standard InChI is InChI=1S/C23H26F3N7O3/c24-23(25,26)21-19(14-29-30-22(21)35)33-6-1-2-18(33)15-36-11-5-20(34)32-9-7-31(8-10-32)17-4-3-16(12-27)28-13-17/h3-4,13-14,18H,1-2,5-11,15H2,(H,30,35)/t18-/m0/s1. The van der Waals surface area contributed by atoms with Gasteiger partial charge < -0.3 is 19.4 Å². The van der Waals surface area contributed by atoms with Crippen LogP contribution in [-0.4, -0.2) is 78.0 Å². The van der Waals surface area contributed by atoms with Crippen LogP contribution in [-0.2, 0) is 15.7 Å². The third kappa shape index (κ3) is 5.76. The summed E-state index contributed by atoms with van der Waals surface area (Å²) in [5.74, 6) is -0.0472. The number of hydrogen-bond donors (Lipinski definition) is 1. The second-order valence-corrected chi connectivity index (χ2v) is 8.65. The molecule has 192 valence electrons. The number of carbonyl (C=O) groups is 1. The SMILES string of the molecule is N#Cc1ccc(N2CCN(C(=O)CCOC[C@@H]3CCCN3c3cn[nH]c(=O)c3C(F)(F)F)CC2)cn1. The number of halogens is 3. The molecule has 2 aromatic heterocycles. The Balaban J connectivity index is 1.24. The molecule has 0 saturated carbocycles. The van der Waals surface area contributed by atoms with Gasteiger partial charge in [0.15, 0.2) is 0 Å². The highest BCUT2D eigenvalue weighted by Gasteiger charge is 2.40. The average molecular weight is 506 g/mol. The highest BCUT2D eigenvalue weighted by molar-refractivity contribution is 5.76. The van der Waals surface area contributed by atoms with Gasteiger partial charge in [-0.05, 0) is 25.0 Å². The van der Waals surface area contributed by atoms with Gasteiger partial charge >= 0.3 is 6.18 Å². The Morgan fingerprint density at radius 1 is 1.19 bits per heavy atom. The van der Waals surface area contributed by atoms with Gasteiger partial charge in [0.25, 0.3) is 5.56 Å². The molecule has 13 heteroatoms. The van der Waals surface area contributed by atoms with Crippen LogP contribution in [0.25, 0.3) is 0 Å². The normalized spacial score (nSPS) is 18.4. The topological polar surface area (TPSA) is 118 Å². The summed E-state index contributed by atoms with van der Waals surface area (Å²) >= 11 is 0. The minimum absolute atomic E-state index is 0.0472. The fraction of sp³-hybridized carbons (Fsp3) is 0.522. The molecule has 1 N–H and O–H groups in total. The molecule has 2 aliphatic heterocycles. The zero-order valence-corrected chi connectivity index (χ0v) is 19.5. The molecule has 0 unspecified atom stereocenters. The third-order valence-corrected chi connectivity index (χ3v) is 6.44. The number of rotatable bonds is 7. The van der Waals surface area contributed by atoms with Crippen molar-refractivity contribution in [1.29, 1.82) is 5.26 Å². The quantitative estimate of drug-likeness (QED) is 0.566. The molecule has 1 amide bonds. The minimum atomic E-state index is -4.80. The Labute approximate surface area is 205 Å². The molecule has 4 rings (SSSR count). The maximum atomic E-state index is 13.4. The molecule has 0 radical (unpaired) electrons. The zero-order chi connectivity index (χ0) is 25.7. The summed E-state index contributed by atoms with van der Waals surface area (Å²) in [6.07, 6.45) is -0.673. The van der Waals surface area contributed by atoms with Crippen molar-refractivity contribution in [3.8, 4) is 6.07 Å². The van der Waals surface area contributed by atoms with E-state index in [9.17, 15) is 22.8 Å². The monoisotopic (exact) mass is 505 g/mol. The first-order valence-electron chi connectivity index (χ1n) is 11.7. The van der Waals surface area contributed by atoms with Gasteiger partial charge in [-0.1, -0.05) is 0 Å². The molecule has 2 aromatic rings. The van der Waals surface area contributed by atoms with Crippen molar-refractivity contribution >= 4 is 17.3 Å². The number of nitriles is 1. The summed E-state index contributed by atoms with van der Waals surface area (Å²) < 4.78 is 46.0. The largest absolute Gasteiger partial charge is 0.423 e. The number of ether oxygens (including phenoxy) is 1. The van der Waals surface area contributed by atoms with E-state index in [-0.39, 0.29) is 37.3 Å². The number of nitrogens with zero attached hydrogens (tertiary/aromatic N) is 6. The van der Waals surface area contributed by atoms with Crippen molar-refractivity contribution in [2.45, 2.75) is 31.5 Å². The molecule has 0 aliphatic carbocycles. The van der Waals surface area contributed by atoms with Crippen LogP contribution in [0.2, 0.25) is 0 Å². The van der Waals surface area contributed by atoms with E-state index in [1.807, 2.05) is 17.2 Å². The molecule has 36 heavy (non-hydrogen) atoms. The Kier molecular flexibility index (Phi) is 7.73. The van der Waals surface area contributed by atoms with Crippen molar-refractivity contribution < 1.29 is 22.7 Å². The smallest absolute Gasteiger partial charge is 0.379 e. The van der Waals surface area contributed by atoms with Crippen LogP contribution in [0.3, 0.4) is 0 Å². The summed E-state index contributed by atoms with van der Waals surface area (Å²) in [6.45, 7) is 3.04. The predicted octanol–water partition coefficient (Wildman–Crippen LogP) is 1.78. The Morgan fingerprint density at radius 2 is 1.97 bits per heavy atom. The Bertz CT molecular complexity index is 1160. The van der Waals surface area contributed by atoms with Gasteiger partial charge in [-0.25, -0.2) is 10.1 Å². The summed E-state index contributed by atoms with van der Waals surface area (Å²) in [5.41, 5.74) is -1.52. The maximum absolute atomic E-state index is 13.4. The second-order valence-electron chi connectivity index (χ2n) is 8.65. The molecular formula is C23H26F3N7O3. The first-order chi connectivity index (χ1) is 17.3. The highest BCUT2D eigenvalue weighted by Crippen LogP contribution is 2.36. The summed E-state index contributed by atoms with van der Waals surface area (Å²) in [4.78, 5) is 33.9. The molecular weight excluding hydrogens is 479 g/mol. The van der Waals surface area contributed by atoms with E-state index in [1.54, 1.807) is 17.2 Å². The highest BCUT2D eigenvalue weighted by atomic mass is 19.4. The first kappa shape index (κ1) is 25.4. The van der Waals surface area contributed by atoms with Crippen LogP contribution in [0.4, 0.5) is 24.5 Å². The fourth-order valence-corrected chi connectivity index (χ4v) is 4.60. The average Bonchev–Trinajstić information content (AvgIpc) is 3.34. The summed E-state index contributed by atoms with van der Waals surface area (Å²) in [5, 5.41) is 14.3. The van der Waals surface area contributed by atoms with Gasteiger partial charge in [-0.2, -0.15) is 23.5 Å². The number of hydrogen-bond acceptors (Lipinski definition) is 8. The Hall–Kier alpha value is -3.66. The van der Waals surface area contributed by atoms with Crippen LogP contribution in [0.1, 0.15) is 30.5 Å². The van der Waals surface area contributed by atoms with Crippen molar-refractivity contribution in [2.75, 3.05) is 55.7 Å². The summed E-state index contributed by atoms with van der Waals surface area (Å²) in [7, 11) is 0. The molecule has 0 bridgehead atoms. The Morgan fingerprint density at radius 3 is 2.64 bits per heavy atom. The fourth-order valence-electron chi connectivity index (χ4n) is 4.60. The van der Waals surface area contributed by atoms with Crippen LogP contribution in [0, 0.1) is 11.3 Å². The summed E-state index contributed by atoms with van der Waals surface area (Å²) in [6, 6.07) is 5.14. The van der Waals surface area contributed by atoms with E-state index in [4.69, 9.17) is 10.00 Å². The van der Waals surface area contributed by atoms with E-state index in [1.165, 1.54) is 4.90 Å². The van der Waals surface area contributed by atoms with E-state index in [0.29, 0.717) is 51.3 Å². The van der Waals surface area contributed by atoms with Crippen LogP contribution in [0.15, 0.2) is 29.3 Å². The van der Waals surface area contributed by atoms with Crippen molar-refractivity contribution in [3.05, 3.63) is 46.1 Å². The van der Waals surface area contributed by atoms with Crippen LogP contribution < -0.4 is 15.4 Å². The molecule has 0 spiro atoms. The van der Waals surface area contributed by atoms with E-state index in [2.05, 4.69) is 15.0 Å². The van der Waals surface area contributed by atoms with Crippen molar-refractivity contribution in [1.82, 2.24) is 20.1 Å². The van der Waals surface area contributed by atoms with Gasteiger partial charge in [0.05, 0.1) is 49.4 Å². The molecule has 10 nitrogen and oxygen atoms in total. The lowest BCUT2D eigenvalue weighted by molar-refractivity contribution is -0.138. The number of piperazine rings is 1. The van der Waals surface area contributed by atoms with Gasteiger partial charge in [0.2, 0.25) is 5.91 Å². The number of pyridine rings is 1. The lowest BCUT2D eigenvalue weighted by Gasteiger charge is -2.36. The maximum Gasteiger partial charge on any atom is 0.423 e. The van der Waals surface area contributed by atoms with Gasteiger partial charge in [0.1, 0.15) is 17.3 Å². The first-order valence-corrected chi connectivity index (χ1v) is 11.7. The van der Waals surface area contributed by atoms with Gasteiger partial charge in [-0.15, -0.1) is 0 Å². The predicted molar refractivity (Wildman–Crippen MR) is 123 cm³/mol. The lowest BCUT2D eigenvalue weighted by Crippen LogP contribution is -2.49. The van der Waals surface area contributed by atoms with Crippen LogP contribution >= 0.6 is 0 Å². The zero-order valence-electron chi connectivity index (χ0n) is 19.5. The third-order valence-electron chi connectivity index (χ3n) is 6.44. The van der Waals surface area contributed by atoms with E-state index >= 15 is 0 Å². The second kappa shape index (κ2) is 10.9. The number of carbonyl (C=O) groups excluding carboxylic acids is 1. The molecule has 1 atom stereocenters. The molecule has 4 heterocycles. The number of H-pyrrole nitrogens is 1. The molecule has 2 saturated heterocycles. The van der Waals surface area contributed by atoms with Crippen molar-refractivity contribution in [2.24, 2.45) is 0 Å². The molecule has 2 aliphatic rings. The van der Waals surface area contributed by atoms with Crippen LogP contribution in [0.5, 0.6) is 0 Å². The van der Waals surface area contributed by atoms with E-state index < -0.39 is 17.3 Å².